The number of hydrogen-bond acceptors (Lipinski definition) is 5. The smallest absolute Gasteiger partial charge is 0.271 e. The predicted octanol–water partition coefficient (Wildman–Crippen LogP) is 3.26. The van der Waals surface area contributed by atoms with Crippen LogP contribution in [0.15, 0.2) is 46.8 Å². The van der Waals surface area contributed by atoms with Crippen LogP contribution in [0.2, 0.25) is 0 Å². The topological polar surface area (TPSA) is 84.1 Å². The number of nitrogens with zero attached hydrogens (tertiary/aromatic N) is 1. The second-order valence-corrected chi connectivity index (χ2v) is 7.89. The number of H-pyrrole nitrogens is 1. The van der Waals surface area contributed by atoms with Gasteiger partial charge in [-0.25, -0.2) is 8.42 Å². The highest BCUT2D eigenvalue weighted by Crippen LogP contribution is 2.32. The fourth-order valence-electron chi connectivity index (χ4n) is 2.10. The van der Waals surface area contributed by atoms with E-state index in [2.05, 4.69) is 14.9 Å². The SMILES string of the molecule is COc1ccc(C)cc1NS(=O)(=O)c1ccc(-c2ccn[nH]2)s1. The van der Waals surface area contributed by atoms with E-state index in [9.17, 15) is 8.42 Å². The number of nitrogens with one attached hydrogen (secondary N) is 2. The third kappa shape index (κ3) is 3.22. The van der Waals surface area contributed by atoms with Crippen LogP contribution >= 0.6 is 11.3 Å². The maximum atomic E-state index is 12.6. The molecule has 0 aliphatic rings. The van der Waals surface area contributed by atoms with Gasteiger partial charge in [0.2, 0.25) is 0 Å². The molecule has 0 amide bonds. The van der Waals surface area contributed by atoms with Gasteiger partial charge in [-0.1, -0.05) is 6.07 Å². The zero-order chi connectivity index (χ0) is 16.4. The Labute approximate surface area is 138 Å². The Balaban J connectivity index is 1.92. The van der Waals surface area contributed by atoms with Gasteiger partial charge >= 0.3 is 0 Å². The van der Waals surface area contributed by atoms with Gasteiger partial charge in [0.25, 0.3) is 10.0 Å². The number of sulfonamides is 1. The van der Waals surface area contributed by atoms with Gasteiger partial charge < -0.3 is 4.74 Å². The van der Waals surface area contributed by atoms with Crippen LogP contribution in [0.25, 0.3) is 10.6 Å². The number of rotatable bonds is 5. The first-order valence-corrected chi connectivity index (χ1v) is 9.06. The minimum absolute atomic E-state index is 0.227. The van der Waals surface area contributed by atoms with Gasteiger partial charge in [-0.05, 0) is 42.8 Å². The zero-order valence-corrected chi connectivity index (χ0v) is 14.2. The average Bonchev–Trinajstić information content (AvgIpc) is 3.18. The molecule has 3 rings (SSSR count). The number of benzene rings is 1. The Morgan fingerprint density at radius 1 is 1.22 bits per heavy atom. The van der Waals surface area contributed by atoms with Crippen LogP contribution < -0.4 is 9.46 Å². The van der Waals surface area contributed by atoms with E-state index in [1.165, 1.54) is 18.4 Å². The van der Waals surface area contributed by atoms with Crippen LogP contribution in [0.4, 0.5) is 5.69 Å². The van der Waals surface area contributed by atoms with Crippen molar-refractivity contribution in [1.82, 2.24) is 10.2 Å². The van der Waals surface area contributed by atoms with Gasteiger partial charge in [-0.15, -0.1) is 11.3 Å². The lowest BCUT2D eigenvalue weighted by Crippen LogP contribution is -2.12. The molecule has 0 fully saturated rings. The van der Waals surface area contributed by atoms with Crippen LogP contribution in [-0.4, -0.2) is 25.7 Å². The molecule has 0 spiro atoms. The van der Waals surface area contributed by atoms with Crippen LogP contribution in [0.1, 0.15) is 5.56 Å². The first-order valence-electron chi connectivity index (χ1n) is 6.76. The lowest BCUT2D eigenvalue weighted by molar-refractivity contribution is 0.417. The van der Waals surface area contributed by atoms with Crippen molar-refractivity contribution in [3.63, 3.8) is 0 Å². The monoisotopic (exact) mass is 349 g/mol. The van der Waals surface area contributed by atoms with E-state index in [-0.39, 0.29) is 4.21 Å². The molecular formula is C15H15N3O3S2. The first-order chi connectivity index (χ1) is 11.0. The number of methoxy groups -OCH3 is 1. The summed E-state index contributed by atoms with van der Waals surface area (Å²) in [6.45, 7) is 1.89. The molecule has 0 aliphatic heterocycles. The molecule has 8 heteroatoms. The second kappa shape index (κ2) is 6.05. The Morgan fingerprint density at radius 3 is 2.74 bits per heavy atom. The molecule has 0 bridgehead atoms. The summed E-state index contributed by atoms with van der Waals surface area (Å²) in [7, 11) is -2.17. The van der Waals surface area contributed by atoms with E-state index in [4.69, 9.17) is 4.74 Å². The van der Waals surface area contributed by atoms with Crippen molar-refractivity contribution < 1.29 is 13.2 Å². The van der Waals surface area contributed by atoms with Gasteiger partial charge in [-0.3, -0.25) is 9.82 Å². The molecule has 23 heavy (non-hydrogen) atoms. The number of ether oxygens (including phenoxy) is 1. The molecule has 0 aliphatic carbocycles. The third-order valence-corrected chi connectivity index (χ3v) is 6.19. The van der Waals surface area contributed by atoms with Crippen molar-refractivity contribution >= 4 is 27.0 Å². The standard InChI is InChI=1S/C15H15N3O3S2/c1-10-3-4-13(21-2)12(9-10)18-23(19,20)15-6-5-14(22-15)11-7-8-16-17-11/h3-9,18H,1-2H3,(H,16,17). The van der Waals surface area contributed by atoms with Gasteiger partial charge in [0.1, 0.15) is 9.96 Å². The zero-order valence-electron chi connectivity index (χ0n) is 12.5. The highest BCUT2D eigenvalue weighted by Gasteiger charge is 2.19. The molecule has 3 aromatic rings. The van der Waals surface area contributed by atoms with Gasteiger partial charge in [0.15, 0.2) is 0 Å². The molecule has 0 atom stereocenters. The van der Waals surface area contributed by atoms with Crippen molar-refractivity contribution in [2.75, 3.05) is 11.8 Å². The van der Waals surface area contributed by atoms with Crippen LogP contribution in [0.5, 0.6) is 5.75 Å². The summed E-state index contributed by atoms with van der Waals surface area (Å²) in [6.07, 6.45) is 1.62. The number of aryl methyl sites for hydroxylation is 1. The minimum atomic E-state index is -3.68. The molecule has 0 saturated heterocycles. The maximum absolute atomic E-state index is 12.6. The second-order valence-electron chi connectivity index (χ2n) is 4.90. The summed E-state index contributed by atoms with van der Waals surface area (Å²) >= 11 is 1.17. The summed E-state index contributed by atoms with van der Waals surface area (Å²) in [6, 6.07) is 10.4. The fourth-order valence-corrected chi connectivity index (χ4v) is 4.44. The Morgan fingerprint density at radius 2 is 2.04 bits per heavy atom. The summed E-state index contributed by atoms with van der Waals surface area (Å²) in [5.74, 6) is 0.476. The maximum Gasteiger partial charge on any atom is 0.271 e. The highest BCUT2D eigenvalue weighted by atomic mass is 32.2. The summed E-state index contributed by atoms with van der Waals surface area (Å²) < 4.78 is 33.2. The third-order valence-electron chi connectivity index (χ3n) is 3.21. The van der Waals surface area contributed by atoms with Crippen LogP contribution in [0, 0.1) is 6.92 Å². The molecular weight excluding hydrogens is 334 g/mol. The first kappa shape index (κ1) is 15.6. The molecule has 2 N–H and O–H groups in total. The van der Waals surface area contributed by atoms with Crippen molar-refractivity contribution in [2.24, 2.45) is 0 Å². The van der Waals surface area contributed by atoms with Crippen molar-refractivity contribution in [1.29, 1.82) is 0 Å². The van der Waals surface area contributed by atoms with Gasteiger partial charge in [-0.2, -0.15) is 5.10 Å². The Kier molecular flexibility index (Phi) is 4.10. The largest absolute Gasteiger partial charge is 0.495 e. The summed E-state index contributed by atoms with van der Waals surface area (Å²) in [5, 5.41) is 6.69. The van der Waals surface area contributed by atoms with E-state index < -0.39 is 10.0 Å². The molecule has 0 saturated carbocycles. The van der Waals surface area contributed by atoms with E-state index in [0.717, 1.165) is 16.1 Å². The van der Waals surface area contributed by atoms with Gasteiger partial charge in [0.05, 0.1) is 23.4 Å². The van der Waals surface area contributed by atoms with Crippen LogP contribution in [-0.2, 0) is 10.0 Å². The highest BCUT2D eigenvalue weighted by molar-refractivity contribution is 7.94. The molecule has 120 valence electrons. The minimum Gasteiger partial charge on any atom is -0.495 e. The molecule has 6 nitrogen and oxygen atoms in total. The number of hydrogen-bond donors (Lipinski definition) is 2. The molecule has 2 aromatic heterocycles. The van der Waals surface area contributed by atoms with E-state index >= 15 is 0 Å². The normalized spacial score (nSPS) is 11.4. The molecule has 0 unspecified atom stereocenters. The molecule has 0 radical (unpaired) electrons. The number of anilines is 1. The van der Waals surface area contributed by atoms with Crippen molar-refractivity contribution in [3.05, 3.63) is 48.2 Å². The van der Waals surface area contributed by atoms with E-state index in [1.54, 1.807) is 36.5 Å². The Bertz CT molecular complexity index is 915. The number of aromatic amines is 1. The summed E-state index contributed by atoms with van der Waals surface area (Å²) in [5.41, 5.74) is 2.14. The average molecular weight is 349 g/mol. The van der Waals surface area contributed by atoms with Crippen LogP contribution in [0.3, 0.4) is 0 Å². The fraction of sp³-hybridized carbons (Fsp3) is 0.133. The number of thiophene rings is 1. The molecule has 1 aromatic carbocycles. The molecule has 2 heterocycles. The lowest BCUT2D eigenvalue weighted by Gasteiger charge is -2.11. The van der Waals surface area contributed by atoms with Gasteiger partial charge in [0, 0.05) is 6.20 Å². The van der Waals surface area contributed by atoms with E-state index in [1.807, 2.05) is 13.0 Å². The predicted molar refractivity (Wildman–Crippen MR) is 90.4 cm³/mol. The number of aromatic nitrogens is 2. The Hall–Kier alpha value is -2.32. The summed E-state index contributed by atoms with van der Waals surface area (Å²) in [4.78, 5) is 0.805. The van der Waals surface area contributed by atoms with Crippen molar-refractivity contribution in [3.8, 4) is 16.3 Å². The lowest BCUT2D eigenvalue weighted by atomic mass is 10.2. The quantitative estimate of drug-likeness (QED) is 0.740. The van der Waals surface area contributed by atoms with E-state index in [0.29, 0.717) is 11.4 Å². The van der Waals surface area contributed by atoms with Crippen molar-refractivity contribution in [2.45, 2.75) is 11.1 Å².